The summed E-state index contributed by atoms with van der Waals surface area (Å²) in [7, 11) is 0. The first kappa shape index (κ1) is 17.1. The van der Waals surface area contributed by atoms with Gasteiger partial charge in [0.1, 0.15) is 6.04 Å². The van der Waals surface area contributed by atoms with Gasteiger partial charge in [0.05, 0.1) is 11.1 Å². The van der Waals surface area contributed by atoms with Crippen molar-refractivity contribution in [3.63, 3.8) is 0 Å². The fourth-order valence-electron chi connectivity index (χ4n) is 1.98. The van der Waals surface area contributed by atoms with E-state index in [1.54, 1.807) is 19.1 Å². The number of hydrogen-bond donors (Lipinski definition) is 2. The van der Waals surface area contributed by atoms with E-state index < -0.39 is 11.0 Å². The van der Waals surface area contributed by atoms with Crippen LogP contribution in [0.25, 0.3) is 0 Å². The maximum absolute atomic E-state index is 12.0. The number of rotatable bonds is 6. The van der Waals surface area contributed by atoms with Gasteiger partial charge in [0.25, 0.3) is 11.6 Å². The molecule has 0 aliphatic rings. The van der Waals surface area contributed by atoms with Crippen molar-refractivity contribution in [1.82, 2.24) is 5.43 Å². The number of para-hydroxylation sites is 1. The number of non-ortho nitro benzene ring substituents is 1. The predicted octanol–water partition coefficient (Wildman–Crippen LogP) is 2.85. The summed E-state index contributed by atoms with van der Waals surface area (Å²) in [5.74, 6) is -0.281. The van der Waals surface area contributed by atoms with Crippen LogP contribution in [0.2, 0.25) is 0 Å². The minimum atomic E-state index is -0.471. The SMILES string of the molecule is Cc1ccccc1N[C@@H](C)C(=O)N/N=C\c1ccc([N+](=O)[O-])cc1. The number of hydrazone groups is 1. The molecule has 0 bridgehead atoms. The van der Waals surface area contributed by atoms with E-state index in [-0.39, 0.29) is 11.6 Å². The first-order valence-corrected chi connectivity index (χ1v) is 7.37. The lowest BCUT2D eigenvalue weighted by atomic mass is 10.2. The van der Waals surface area contributed by atoms with Crippen LogP contribution in [0, 0.1) is 17.0 Å². The van der Waals surface area contributed by atoms with Gasteiger partial charge in [-0.05, 0) is 43.2 Å². The molecule has 2 rings (SSSR count). The van der Waals surface area contributed by atoms with Gasteiger partial charge in [0.2, 0.25) is 0 Å². The lowest BCUT2D eigenvalue weighted by Gasteiger charge is -2.15. The number of aryl methyl sites for hydroxylation is 1. The Labute approximate surface area is 139 Å². The van der Waals surface area contributed by atoms with E-state index in [2.05, 4.69) is 15.8 Å². The molecule has 0 saturated heterocycles. The Kier molecular flexibility index (Phi) is 5.62. The van der Waals surface area contributed by atoms with Crippen LogP contribution < -0.4 is 10.7 Å². The zero-order valence-electron chi connectivity index (χ0n) is 13.4. The molecule has 2 N–H and O–H groups in total. The van der Waals surface area contributed by atoms with E-state index in [9.17, 15) is 14.9 Å². The molecule has 2 aromatic rings. The van der Waals surface area contributed by atoms with Crippen LogP contribution >= 0.6 is 0 Å². The standard InChI is InChI=1S/C17H18N4O3/c1-12-5-3-4-6-16(12)19-13(2)17(22)20-18-11-14-7-9-15(10-8-14)21(23)24/h3-11,13,19H,1-2H3,(H,20,22)/b18-11-/t13-/m0/s1. The molecule has 7 nitrogen and oxygen atoms in total. The zero-order valence-corrected chi connectivity index (χ0v) is 13.4. The number of carbonyl (C=O) groups excluding carboxylic acids is 1. The highest BCUT2D eigenvalue weighted by atomic mass is 16.6. The van der Waals surface area contributed by atoms with E-state index in [1.807, 2.05) is 31.2 Å². The van der Waals surface area contributed by atoms with E-state index in [0.717, 1.165) is 11.3 Å². The number of nitrogens with zero attached hydrogens (tertiary/aromatic N) is 2. The molecule has 0 unspecified atom stereocenters. The van der Waals surface area contributed by atoms with Gasteiger partial charge in [-0.1, -0.05) is 18.2 Å². The van der Waals surface area contributed by atoms with Crippen LogP contribution in [0.4, 0.5) is 11.4 Å². The maximum atomic E-state index is 12.0. The van der Waals surface area contributed by atoms with E-state index in [0.29, 0.717) is 5.56 Å². The first-order chi connectivity index (χ1) is 11.5. The van der Waals surface area contributed by atoms with Gasteiger partial charge in [-0.25, -0.2) is 5.43 Å². The van der Waals surface area contributed by atoms with Gasteiger partial charge in [-0.15, -0.1) is 0 Å². The number of nitro benzene ring substituents is 1. The molecular formula is C17H18N4O3. The lowest BCUT2D eigenvalue weighted by Crippen LogP contribution is -2.35. The molecule has 0 spiro atoms. The Morgan fingerprint density at radius 1 is 1.21 bits per heavy atom. The molecule has 24 heavy (non-hydrogen) atoms. The number of benzene rings is 2. The van der Waals surface area contributed by atoms with E-state index in [4.69, 9.17) is 0 Å². The number of amides is 1. The molecular weight excluding hydrogens is 308 g/mol. The van der Waals surface area contributed by atoms with Crippen molar-refractivity contribution in [3.8, 4) is 0 Å². The summed E-state index contributed by atoms with van der Waals surface area (Å²) in [6.07, 6.45) is 1.43. The summed E-state index contributed by atoms with van der Waals surface area (Å²) < 4.78 is 0. The molecule has 1 amide bonds. The normalized spacial score (nSPS) is 11.9. The van der Waals surface area contributed by atoms with Crippen LogP contribution in [-0.4, -0.2) is 23.1 Å². The first-order valence-electron chi connectivity index (χ1n) is 7.37. The Morgan fingerprint density at radius 3 is 2.50 bits per heavy atom. The van der Waals surface area contributed by atoms with Gasteiger partial charge in [0.15, 0.2) is 0 Å². The molecule has 0 aliphatic heterocycles. The highest BCUT2D eigenvalue weighted by Crippen LogP contribution is 2.14. The van der Waals surface area contributed by atoms with Gasteiger partial charge in [-0.3, -0.25) is 14.9 Å². The topological polar surface area (TPSA) is 96.6 Å². The Balaban J connectivity index is 1.89. The third-order valence-corrected chi connectivity index (χ3v) is 3.40. The average Bonchev–Trinajstić information content (AvgIpc) is 2.57. The predicted molar refractivity (Wildman–Crippen MR) is 93.1 cm³/mol. The highest BCUT2D eigenvalue weighted by molar-refractivity contribution is 5.86. The van der Waals surface area contributed by atoms with Crippen LogP contribution in [0.1, 0.15) is 18.1 Å². The summed E-state index contributed by atoms with van der Waals surface area (Å²) in [5.41, 5.74) is 5.04. The summed E-state index contributed by atoms with van der Waals surface area (Å²) in [5, 5.41) is 17.6. The summed E-state index contributed by atoms with van der Waals surface area (Å²) >= 11 is 0. The number of nitrogens with one attached hydrogen (secondary N) is 2. The quantitative estimate of drug-likeness (QED) is 0.484. The van der Waals surface area contributed by atoms with Crippen molar-refractivity contribution in [2.75, 3.05) is 5.32 Å². The fourth-order valence-corrected chi connectivity index (χ4v) is 1.98. The van der Waals surface area contributed by atoms with Gasteiger partial charge in [-0.2, -0.15) is 5.10 Å². The molecule has 0 heterocycles. The molecule has 0 fully saturated rings. The maximum Gasteiger partial charge on any atom is 0.269 e. The smallest absolute Gasteiger partial charge is 0.269 e. The Bertz CT molecular complexity index is 757. The Hall–Kier alpha value is -3.22. The van der Waals surface area contributed by atoms with Crippen LogP contribution in [-0.2, 0) is 4.79 Å². The number of hydrogen-bond acceptors (Lipinski definition) is 5. The second kappa shape index (κ2) is 7.87. The molecule has 124 valence electrons. The van der Waals surface area contributed by atoms with Gasteiger partial charge in [0, 0.05) is 17.8 Å². The highest BCUT2D eigenvalue weighted by Gasteiger charge is 2.12. The van der Waals surface area contributed by atoms with Crippen LogP contribution in [0.15, 0.2) is 53.6 Å². The van der Waals surface area contributed by atoms with Crippen molar-refractivity contribution in [3.05, 3.63) is 69.8 Å². The summed E-state index contributed by atoms with van der Waals surface area (Å²) in [6, 6.07) is 13.1. The zero-order chi connectivity index (χ0) is 17.5. The van der Waals surface area contributed by atoms with Gasteiger partial charge >= 0.3 is 0 Å². The summed E-state index contributed by atoms with van der Waals surface area (Å²) in [4.78, 5) is 22.1. The molecule has 2 aromatic carbocycles. The van der Waals surface area contributed by atoms with Crippen molar-refractivity contribution in [2.24, 2.45) is 5.10 Å². The second-order valence-corrected chi connectivity index (χ2v) is 5.26. The number of nitro groups is 1. The largest absolute Gasteiger partial charge is 0.374 e. The third-order valence-electron chi connectivity index (χ3n) is 3.40. The summed E-state index contributed by atoms with van der Waals surface area (Å²) in [6.45, 7) is 3.70. The molecule has 0 radical (unpaired) electrons. The van der Waals surface area contributed by atoms with Gasteiger partial charge < -0.3 is 5.32 Å². The van der Waals surface area contributed by atoms with Crippen LogP contribution in [0.3, 0.4) is 0 Å². The third kappa shape index (κ3) is 4.64. The molecule has 0 aromatic heterocycles. The van der Waals surface area contributed by atoms with Crippen molar-refractivity contribution in [2.45, 2.75) is 19.9 Å². The number of anilines is 1. The second-order valence-electron chi connectivity index (χ2n) is 5.26. The molecule has 0 aliphatic carbocycles. The van der Waals surface area contributed by atoms with Crippen molar-refractivity contribution < 1.29 is 9.72 Å². The fraction of sp³-hybridized carbons (Fsp3) is 0.176. The van der Waals surface area contributed by atoms with Crippen molar-refractivity contribution in [1.29, 1.82) is 0 Å². The minimum Gasteiger partial charge on any atom is -0.374 e. The average molecular weight is 326 g/mol. The Morgan fingerprint density at radius 2 is 1.88 bits per heavy atom. The molecule has 1 atom stereocenters. The number of carbonyl (C=O) groups is 1. The minimum absolute atomic E-state index is 0.00670. The van der Waals surface area contributed by atoms with Crippen LogP contribution in [0.5, 0.6) is 0 Å². The monoisotopic (exact) mass is 326 g/mol. The molecule has 7 heteroatoms. The van der Waals surface area contributed by atoms with E-state index >= 15 is 0 Å². The van der Waals surface area contributed by atoms with Crippen molar-refractivity contribution >= 4 is 23.5 Å². The van der Waals surface area contributed by atoms with E-state index in [1.165, 1.54) is 18.3 Å². The lowest BCUT2D eigenvalue weighted by molar-refractivity contribution is -0.384. The molecule has 0 saturated carbocycles.